The van der Waals surface area contributed by atoms with Crippen LogP contribution in [0.1, 0.15) is 232 Å². The lowest BCUT2D eigenvalue weighted by molar-refractivity contribution is -0.303. The van der Waals surface area contributed by atoms with E-state index in [-0.39, 0.29) is 12.8 Å². The van der Waals surface area contributed by atoms with Gasteiger partial charge in [0.15, 0.2) is 6.29 Å². The van der Waals surface area contributed by atoms with Crippen LogP contribution in [0.25, 0.3) is 0 Å². The second-order valence-corrected chi connectivity index (χ2v) is 18.6. The van der Waals surface area contributed by atoms with Gasteiger partial charge in [-0.05, 0) is 64.2 Å². The number of carbonyl (C=O) groups is 1. The van der Waals surface area contributed by atoms with Crippen molar-refractivity contribution in [2.24, 2.45) is 0 Å². The van der Waals surface area contributed by atoms with E-state index in [4.69, 9.17) is 9.47 Å². The van der Waals surface area contributed by atoms with Gasteiger partial charge in [-0.3, -0.25) is 4.79 Å². The summed E-state index contributed by atoms with van der Waals surface area (Å²) in [7, 11) is 0. The van der Waals surface area contributed by atoms with Crippen LogP contribution in [0, 0.1) is 0 Å². The second-order valence-electron chi connectivity index (χ2n) is 18.6. The molecule has 0 saturated carbocycles. The number of amides is 1. The average molecular weight is 898 g/mol. The maximum absolute atomic E-state index is 13.1. The molecule has 0 aromatic rings. The molecule has 1 saturated heterocycles. The van der Waals surface area contributed by atoms with Crippen LogP contribution < -0.4 is 5.32 Å². The molecule has 372 valence electrons. The van der Waals surface area contributed by atoms with E-state index in [1.54, 1.807) is 0 Å². The Kier molecular flexibility index (Phi) is 39.7. The average Bonchev–Trinajstić information content (AvgIpc) is 3.28. The van der Waals surface area contributed by atoms with Gasteiger partial charge < -0.3 is 50.5 Å². The van der Waals surface area contributed by atoms with Crippen molar-refractivity contribution in [3.8, 4) is 0 Å². The van der Waals surface area contributed by atoms with Crippen LogP contribution in [0.3, 0.4) is 0 Å². The van der Waals surface area contributed by atoms with Crippen molar-refractivity contribution in [1.82, 2.24) is 5.32 Å². The normalized spacial score (nSPS) is 21.3. The largest absolute Gasteiger partial charge is 0.394 e. The minimum absolute atomic E-state index is 0.241. The number of aliphatic hydroxyl groups excluding tert-OH is 7. The Morgan fingerprint density at radius 2 is 0.937 bits per heavy atom. The topological polar surface area (TPSA) is 189 Å². The molecule has 1 aliphatic rings. The molecule has 0 radical (unpaired) electrons. The molecule has 11 nitrogen and oxygen atoms in total. The van der Waals surface area contributed by atoms with Crippen molar-refractivity contribution in [3.05, 3.63) is 24.3 Å². The lowest BCUT2D eigenvalue weighted by Crippen LogP contribution is -2.60. The van der Waals surface area contributed by atoms with Gasteiger partial charge in [0.1, 0.15) is 36.6 Å². The van der Waals surface area contributed by atoms with E-state index in [1.165, 1.54) is 141 Å². The van der Waals surface area contributed by atoms with Crippen molar-refractivity contribution in [3.63, 3.8) is 0 Å². The number of allylic oxidation sites excluding steroid dienone is 4. The van der Waals surface area contributed by atoms with Gasteiger partial charge in [0.2, 0.25) is 5.91 Å². The number of aliphatic hydroxyl groups is 7. The molecule has 1 rings (SSSR count). The molecule has 0 aliphatic carbocycles. The Morgan fingerprint density at radius 1 is 0.540 bits per heavy atom. The highest BCUT2D eigenvalue weighted by molar-refractivity contribution is 5.80. The summed E-state index contributed by atoms with van der Waals surface area (Å²) in [6.07, 6.45) is 36.5. The third-order valence-electron chi connectivity index (χ3n) is 12.7. The van der Waals surface area contributed by atoms with E-state index in [0.717, 1.165) is 51.4 Å². The second kappa shape index (κ2) is 42.0. The molecule has 9 unspecified atom stereocenters. The maximum Gasteiger partial charge on any atom is 0.249 e. The molecular weight excluding hydrogens is 799 g/mol. The Bertz CT molecular complexity index is 1080. The summed E-state index contributed by atoms with van der Waals surface area (Å²) in [4.78, 5) is 13.1. The van der Waals surface area contributed by atoms with E-state index in [0.29, 0.717) is 12.8 Å². The molecule has 1 aliphatic heterocycles. The highest BCUT2D eigenvalue weighted by Crippen LogP contribution is 2.23. The summed E-state index contributed by atoms with van der Waals surface area (Å²) in [6.45, 7) is 3.44. The molecule has 0 aromatic heterocycles. The third-order valence-corrected chi connectivity index (χ3v) is 12.7. The van der Waals surface area contributed by atoms with E-state index < -0.39 is 74.2 Å². The predicted octanol–water partition coefficient (Wildman–Crippen LogP) is 9.79. The number of rotatable bonds is 44. The Balaban J connectivity index is 2.41. The molecule has 0 spiro atoms. The van der Waals surface area contributed by atoms with E-state index in [9.17, 15) is 40.5 Å². The zero-order valence-corrected chi connectivity index (χ0v) is 40.3. The Morgan fingerprint density at radius 3 is 1.37 bits per heavy atom. The quantitative estimate of drug-likeness (QED) is 0.0216. The summed E-state index contributed by atoms with van der Waals surface area (Å²) in [5.41, 5.74) is 0. The Hall–Kier alpha value is -1.41. The van der Waals surface area contributed by atoms with Crippen molar-refractivity contribution >= 4 is 5.91 Å². The summed E-state index contributed by atoms with van der Waals surface area (Å²) < 4.78 is 11.1. The van der Waals surface area contributed by atoms with Gasteiger partial charge >= 0.3 is 0 Å². The van der Waals surface area contributed by atoms with E-state index in [2.05, 4.69) is 43.5 Å². The molecule has 63 heavy (non-hydrogen) atoms. The predicted molar refractivity (Wildman–Crippen MR) is 256 cm³/mol. The fourth-order valence-corrected chi connectivity index (χ4v) is 8.38. The third kappa shape index (κ3) is 31.2. The fourth-order valence-electron chi connectivity index (χ4n) is 8.38. The van der Waals surface area contributed by atoms with Crippen molar-refractivity contribution in [2.45, 2.75) is 287 Å². The van der Waals surface area contributed by atoms with Gasteiger partial charge in [0.05, 0.1) is 25.4 Å². The number of hydrogen-bond acceptors (Lipinski definition) is 10. The van der Waals surface area contributed by atoms with Crippen molar-refractivity contribution in [2.75, 3.05) is 13.2 Å². The molecule has 1 heterocycles. The van der Waals surface area contributed by atoms with E-state index in [1.807, 2.05) is 0 Å². The van der Waals surface area contributed by atoms with Crippen LogP contribution >= 0.6 is 0 Å². The van der Waals surface area contributed by atoms with Crippen molar-refractivity contribution < 1.29 is 50.0 Å². The molecule has 1 amide bonds. The zero-order chi connectivity index (χ0) is 46.2. The minimum atomic E-state index is -1.67. The van der Waals surface area contributed by atoms with Crippen LogP contribution in [-0.4, -0.2) is 110 Å². The van der Waals surface area contributed by atoms with Crippen LogP contribution in [0.4, 0.5) is 0 Å². The number of unbranched alkanes of at least 4 members (excludes halogenated alkanes) is 28. The number of carbonyl (C=O) groups excluding carboxylic acids is 1. The van der Waals surface area contributed by atoms with Gasteiger partial charge in [-0.2, -0.15) is 0 Å². The summed E-state index contributed by atoms with van der Waals surface area (Å²) in [6, 6.07) is -1.19. The molecule has 0 aromatic carbocycles. The standard InChI is InChI=1S/C52H99NO10/c1-3-5-7-9-11-13-15-17-19-21-22-24-25-27-29-31-33-35-37-39-44(55)47(57)43(42-62-52-50(60)49(59)48(58)46(41-54)63-52)53-51(61)45(56)40-38-36-34-32-30-28-26-23-20-18-16-14-12-10-8-6-4-2/h26,28,31,33,43-50,52,54-60H,3-25,27,29-30,32,34-42H2,1-2H3,(H,53,61)/b28-26-,33-31+. The molecule has 1 fully saturated rings. The first kappa shape index (κ1) is 59.6. The maximum atomic E-state index is 13.1. The lowest BCUT2D eigenvalue weighted by Gasteiger charge is -2.40. The monoisotopic (exact) mass is 898 g/mol. The van der Waals surface area contributed by atoms with Gasteiger partial charge in [-0.15, -0.1) is 0 Å². The van der Waals surface area contributed by atoms with E-state index >= 15 is 0 Å². The molecular formula is C52H99NO10. The number of hydrogen-bond donors (Lipinski definition) is 8. The first-order valence-corrected chi connectivity index (χ1v) is 26.2. The fraction of sp³-hybridized carbons (Fsp3) is 0.904. The summed E-state index contributed by atoms with van der Waals surface area (Å²) >= 11 is 0. The number of nitrogens with one attached hydrogen (secondary N) is 1. The highest BCUT2D eigenvalue weighted by atomic mass is 16.7. The molecule has 11 heteroatoms. The highest BCUT2D eigenvalue weighted by Gasteiger charge is 2.44. The van der Waals surface area contributed by atoms with Gasteiger partial charge in [-0.1, -0.05) is 192 Å². The van der Waals surface area contributed by atoms with Crippen LogP contribution in [0.2, 0.25) is 0 Å². The minimum Gasteiger partial charge on any atom is -0.394 e. The van der Waals surface area contributed by atoms with Crippen LogP contribution in [0.5, 0.6) is 0 Å². The van der Waals surface area contributed by atoms with Gasteiger partial charge in [0.25, 0.3) is 0 Å². The molecule has 9 atom stereocenters. The summed E-state index contributed by atoms with van der Waals surface area (Å²) in [5, 5.41) is 75.9. The molecule has 8 N–H and O–H groups in total. The first-order valence-electron chi connectivity index (χ1n) is 26.2. The Labute approximate surface area is 384 Å². The zero-order valence-electron chi connectivity index (χ0n) is 40.3. The first-order chi connectivity index (χ1) is 30.7. The van der Waals surface area contributed by atoms with Gasteiger partial charge in [-0.25, -0.2) is 0 Å². The smallest absolute Gasteiger partial charge is 0.249 e. The van der Waals surface area contributed by atoms with Crippen molar-refractivity contribution in [1.29, 1.82) is 0 Å². The summed E-state index contributed by atoms with van der Waals surface area (Å²) in [5.74, 6) is -0.713. The SMILES string of the molecule is CCCCCCCCCCC/C=C\CCCCCCC(O)C(=O)NC(COC1OC(CO)C(O)C(O)C1O)C(O)C(O)CCC/C=C/CCCCCCCCCCCCCCCC. The number of ether oxygens (including phenoxy) is 2. The van der Waals surface area contributed by atoms with Gasteiger partial charge in [0, 0.05) is 0 Å². The molecule has 0 bridgehead atoms. The lowest BCUT2D eigenvalue weighted by atomic mass is 9.98. The van der Waals surface area contributed by atoms with Crippen LogP contribution in [-0.2, 0) is 14.3 Å². The van der Waals surface area contributed by atoms with Crippen LogP contribution in [0.15, 0.2) is 24.3 Å².